The Kier molecular flexibility index (Phi) is 7.14. The first-order valence-electron chi connectivity index (χ1n) is 7.56. The molecule has 0 unspecified atom stereocenters. The monoisotopic (exact) mass is 298 g/mol. The largest absolute Gasteiger partial charge is 0.339 e. The average Bonchev–Trinajstić information content (AvgIpc) is 2.62. The number of carbonyl (C=O) groups excluding carboxylic acids is 3. The van der Waals surface area contributed by atoms with Crippen LogP contribution in [0.25, 0.3) is 0 Å². The Labute approximate surface area is 126 Å². The fraction of sp³-hybridized carbons (Fsp3) is 0.786. The Bertz CT molecular complexity index is 317. The van der Waals surface area contributed by atoms with Gasteiger partial charge in [-0.05, 0) is 0 Å². The van der Waals surface area contributed by atoms with Gasteiger partial charge in [-0.25, -0.2) is 0 Å². The third kappa shape index (κ3) is 5.00. The standard InChI is InChI=1S/C14H26N4O3/c1-3-12(19)16-5-6-17(13(20)4-2)8-10-18(9-7-16)14(21)11-15/h3-11,15H2,1-2H3. The van der Waals surface area contributed by atoms with Crippen LogP contribution in [-0.4, -0.2) is 78.2 Å². The third-order valence-corrected chi connectivity index (χ3v) is 3.76. The molecule has 0 bridgehead atoms. The summed E-state index contributed by atoms with van der Waals surface area (Å²) in [5, 5.41) is 0. The summed E-state index contributed by atoms with van der Waals surface area (Å²) in [6, 6.07) is 0. The van der Waals surface area contributed by atoms with Gasteiger partial charge in [0.2, 0.25) is 17.7 Å². The molecule has 120 valence electrons. The van der Waals surface area contributed by atoms with Gasteiger partial charge in [-0.2, -0.15) is 0 Å². The van der Waals surface area contributed by atoms with Crippen LogP contribution in [0, 0.1) is 0 Å². The normalized spacial score (nSPS) is 17.0. The van der Waals surface area contributed by atoms with Crippen molar-refractivity contribution in [3.05, 3.63) is 0 Å². The molecule has 0 atom stereocenters. The van der Waals surface area contributed by atoms with Gasteiger partial charge in [0.25, 0.3) is 0 Å². The number of hydrogen-bond acceptors (Lipinski definition) is 4. The lowest BCUT2D eigenvalue weighted by Gasteiger charge is -2.25. The van der Waals surface area contributed by atoms with Crippen LogP contribution in [0.3, 0.4) is 0 Å². The van der Waals surface area contributed by atoms with Crippen molar-refractivity contribution in [3.63, 3.8) is 0 Å². The van der Waals surface area contributed by atoms with Gasteiger partial charge in [0.1, 0.15) is 0 Å². The van der Waals surface area contributed by atoms with Gasteiger partial charge >= 0.3 is 0 Å². The van der Waals surface area contributed by atoms with E-state index in [2.05, 4.69) is 0 Å². The van der Waals surface area contributed by atoms with Crippen LogP contribution in [0.15, 0.2) is 0 Å². The predicted octanol–water partition coefficient (Wildman–Crippen LogP) is -0.735. The van der Waals surface area contributed by atoms with Crippen LogP contribution >= 0.6 is 0 Å². The van der Waals surface area contributed by atoms with Gasteiger partial charge in [-0.1, -0.05) is 13.8 Å². The first kappa shape index (κ1) is 17.4. The van der Waals surface area contributed by atoms with E-state index in [1.165, 1.54) is 0 Å². The van der Waals surface area contributed by atoms with Crippen LogP contribution in [0.1, 0.15) is 26.7 Å². The number of carbonyl (C=O) groups is 3. The van der Waals surface area contributed by atoms with Gasteiger partial charge < -0.3 is 20.4 Å². The number of nitrogens with zero attached hydrogens (tertiary/aromatic N) is 3. The fourth-order valence-corrected chi connectivity index (χ4v) is 2.38. The van der Waals surface area contributed by atoms with Crippen molar-refractivity contribution in [1.82, 2.24) is 14.7 Å². The Morgan fingerprint density at radius 1 is 0.714 bits per heavy atom. The molecule has 1 aliphatic rings. The highest BCUT2D eigenvalue weighted by molar-refractivity contribution is 5.79. The zero-order valence-corrected chi connectivity index (χ0v) is 13.0. The van der Waals surface area contributed by atoms with Crippen LogP contribution in [0.5, 0.6) is 0 Å². The van der Waals surface area contributed by atoms with E-state index in [4.69, 9.17) is 5.73 Å². The van der Waals surface area contributed by atoms with Crippen LogP contribution < -0.4 is 5.73 Å². The summed E-state index contributed by atoms with van der Waals surface area (Å²) in [5.41, 5.74) is 5.42. The van der Waals surface area contributed by atoms with E-state index in [0.717, 1.165) is 0 Å². The zero-order chi connectivity index (χ0) is 15.8. The maximum atomic E-state index is 11.9. The second kappa shape index (κ2) is 8.61. The number of hydrogen-bond donors (Lipinski definition) is 1. The quantitative estimate of drug-likeness (QED) is 0.744. The molecular weight excluding hydrogens is 272 g/mol. The Hall–Kier alpha value is -1.63. The van der Waals surface area contributed by atoms with E-state index in [1.807, 2.05) is 13.8 Å². The highest BCUT2D eigenvalue weighted by Gasteiger charge is 2.22. The lowest BCUT2D eigenvalue weighted by molar-refractivity contribution is -0.134. The highest BCUT2D eigenvalue weighted by Crippen LogP contribution is 2.04. The van der Waals surface area contributed by atoms with Crippen molar-refractivity contribution in [2.75, 3.05) is 45.8 Å². The molecule has 1 fully saturated rings. The van der Waals surface area contributed by atoms with E-state index in [1.54, 1.807) is 14.7 Å². The number of amides is 3. The maximum absolute atomic E-state index is 11.9. The van der Waals surface area contributed by atoms with Gasteiger partial charge in [0, 0.05) is 52.1 Å². The molecule has 0 aromatic heterocycles. The molecular formula is C14H26N4O3. The zero-order valence-electron chi connectivity index (χ0n) is 13.0. The Balaban J connectivity index is 2.83. The summed E-state index contributed by atoms with van der Waals surface area (Å²) in [4.78, 5) is 40.8. The topological polar surface area (TPSA) is 87.0 Å². The van der Waals surface area contributed by atoms with Crippen molar-refractivity contribution < 1.29 is 14.4 Å². The first-order chi connectivity index (χ1) is 10.0. The molecule has 0 aromatic rings. The van der Waals surface area contributed by atoms with E-state index >= 15 is 0 Å². The Morgan fingerprint density at radius 3 is 1.24 bits per heavy atom. The molecule has 2 N–H and O–H groups in total. The second-order valence-electron chi connectivity index (χ2n) is 5.05. The summed E-state index contributed by atoms with van der Waals surface area (Å²) in [6.45, 7) is 6.53. The minimum Gasteiger partial charge on any atom is -0.339 e. The molecule has 0 radical (unpaired) electrons. The SMILES string of the molecule is CCC(=O)N1CCN(C(=O)CC)CCN(C(=O)CN)CC1. The number of rotatable bonds is 3. The van der Waals surface area contributed by atoms with Gasteiger partial charge in [0.05, 0.1) is 6.54 Å². The summed E-state index contributed by atoms with van der Waals surface area (Å²) < 4.78 is 0. The van der Waals surface area contributed by atoms with Crippen molar-refractivity contribution in [3.8, 4) is 0 Å². The summed E-state index contributed by atoms with van der Waals surface area (Å²) in [7, 11) is 0. The average molecular weight is 298 g/mol. The lowest BCUT2D eigenvalue weighted by atomic mass is 10.3. The fourth-order valence-electron chi connectivity index (χ4n) is 2.38. The highest BCUT2D eigenvalue weighted by atomic mass is 16.2. The van der Waals surface area contributed by atoms with Crippen LogP contribution in [-0.2, 0) is 14.4 Å². The van der Waals surface area contributed by atoms with Gasteiger partial charge in [-0.3, -0.25) is 14.4 Å². The van der Waals surface area contributed by atoms with Crippen molar-refractivity contribution in [2.45, 2.75) is 26.7 Å². The maximum Gasteiger partial charge on any atom is 0.236 e. The molecule has 1 saturated heterocycles. The molecule has 1 aliphatic heterocycles. The smallest absolute Gasteiger partial charge is 0.236 e. The van der Waals surface area contributed by atoms with Gasteiger partial charge in [0.15, 0.2) is 0 Å². The molecule has 0 aromatic carbocycles. The minimum absolute atomic E-state index is 0.0425. The molecule has 21 heavy (non-hydrogen) atoms. The van der Waals surface area contributed by atoms with Crippen molar-refractivity contribution in [2.24, 2.45) is 5.73 Å². The molecule has 0 spiro atoms. The van der Waals surface area contributed by atoms with Crippen LogP contribution in [0.2, 0.25) is 0 Å². The molecule has 0 saturated carbocycles. The minimum atomic E-state index is -0.148. The molecule has 1 heterocycles. The van der Waals surface area contributed by atoms with Gasteiger partial charge in [-0.15, -0.1) is 0 Å². The van der Waals surface area contributed by atoms with E-state index in [9.17, 15) is 14.4 Å². The second-order valence-corrected chi connectivity index (χ2v) is 5.05. The summed E-state index contributed by atoms with van der Waals surface area (Å²) in [6.07, 6.45) is 0.846. The molecule has 3 amide bonds. The van der Waals surface area contributed by atoms with E-state index in [-0.39, 0.29) is 24.3 Å². The molecule has 7 heteroatoms. The van der Waals surface area contributed by atoms with Crippen molar-refractivity contribution in [1.29, 1.82) is 0 Å². The Morgan fingerprint density at radius 2 is 1.00 bits per heavy atom. The summed E-state index contributed by atoms with van der Waals surface area (Å²) >= 11 is 0. The van der Waals surface area contributed by atoms with Crippen LogP contribution in [0.4, 0.5) is 0 Å². The first-order valence-corrected chi connectivity index (χ1v) is 7.56. The summed E-state index contributed by atoms with van der Waals surface area (Å²) in [5.74, 6) is -0.0633. The predicted molar refractivity (Wildman–Crippen MR) is 79.4 cm³/mol. The van der Waals surface area contributed by atoms with E-state index < -0.39 is 0 Å². The molecule has 7 nitrogen and oxygen atoms in total. The molecule has 1 rings (SSSR count). The lowest BCUT2D eigenvalue weighted by Crippen LogP contribution is -2.44. The van der Waals surface area contributed by atoms with E-state index in [0.29, 0.717) is 52.1 Å². The number of nitrogens with two attached hydrogens (primary N) is 1. The molecule has 0 aliphatic carbocycles. The van der Waals surface area contributed by atoms with Crippen molar-refractivity contribution >= 4 is 17.7 Å². The third-order valence-electron chi connectivity index (χ3n) is 3.76.